The van der Waals surface area contributed by atoms with Gasteiger partial charge in [0, 0.05) is 50.0 Å². The molecule has 4 rings (SSSR count). The van der Waals surface area contributed by atoms with Crippen LogP contribution in [0, 0.1) is 19.8 Å². The summed E-state index contributed by atoms with van der Waals surface area (Å²) in [6.45, 7) is 8.82. The van der Waals surface area contributed by atoms with E-state index < -0.39 is 0 Å². The van der Waals surface area contributed by atoms with Crippen molar-refractivity contribution in [2.24, 2.45) is 5.92 Å². The summed E-state index contributed by atoms with van der Waals surface area (Å²) in [6.07, 6.45) is 4.92. The van der Waals surface area contributed by atoms with Crippen LogP contribution in [0.3, 0.4) is 0 Å². The van der Waals surface area contributed by atoms with Gasteiger partial charge in [-0.3, -0.25) is 4.57 Å². The fourth-order valence-corrected chi connectivity index (χ4v) is 6.00. The number of carbonyl (C=O) groups excluding carboxylic acids is 2. The van der Waals surface area contributed by atoms with Crippen LogP contribution in [0.25, 0.3) is 16.7 Å². The van der Waals surface area contributed by atoms with E-state index in [1.54, 1.807) is 0 Å². The molecule has 0 atom stereocenters. The van der Waals surface area contributed by atoms with Crippen LogP contribution in [-0.2, 0) is 9.59 Å². The van der Waals surface area contributed by atoms with E-state index in [-0.39, 0.29) is 6.15 Å². The molecule has 8 heteroatoms. The molecule has 0 radical (unpaired) electrons. The van der Waals surface area contributed by atoms with Crippen LogP contribution in [0.5, 0.6) is 0 Å². The highest BCUT2D eigenvalue weighted by Crippen LogP contribution is 2.39. The van der Waals surface area contributed by atoms with E-state index in [0.29, 0.717) is 5.02 Å². The molecule has 0 N–H and O–H groups in total. The SMILES string of the molecule is Cc1cc(N2CCC(C)CC2)c2c(C)cn(-c3c(Br)cc(Cl)cc3Br)c2n1.O=C=O. The molecule has 1 saturated heterocycles. The number of aryl methyl sites for hydroxylation is 2. The fourth-order valence-electron chi connectivity index (χ4n) is 3.95. The number of hydrogen-bond acceptors (Lipinski definition) is 4. The average molecular weight is 556 g/mol. The van der Waals surface area contributed by atoms with Crippen molar-refractivity contribution in [3.05, 3.63) is 49.6 Å². The number of hydrogen-bond donors (Lipinski definition) is 0. The van der Waals surface area contributed by atoms with Gasteiger partial charge in [-0.1, -0.05) is 18.5 Å². The number of fused-ring (bicyclic) bond motifs is 1. The van der Waals surface area contributed by atoms with Crippen LogP contribution < -0.4 is 4.90 Å². The normalized spacial score (nSPS) is 14.4. The predicted octanol–water partition coefficient (Wildman–Crippen LogP) is 6.47. The van der Waals surface area contributed by atoms with Gasteiger partial charge in [-0.2, -0.15) is 9.59 Å². The predicted molar refractivity (Wildman–Crippen MR) is 127 cm³/mol. The van der Waals surface area contributed by atoms with Gasteiger partial charge < -0.3 is 4.90 Å². The van der Waals surface area contributed by atoms with Crippen molar-refractivity contribution < 1.29 is 9.59 Å². The van der Waals surface area contributed by atoms with Crippen LogP contribution >= 0.6 is 43.5 Å². The molecule has 158 valence electrons. The third-order valence-corrected chi connectivity index (χ3v) is 6.83. The lowest BCUT2D eigenvalue weighted by Gasteiger charge is -2.33. The zero-order valence-electron chi connectivity index (χ0n) is 17.0. The minimum atomic E-state index is 0.250. The molecule has 1 aromatic carbocycles. The largest absolute Gasteiger partial charge is 0.373 e. The molecule has 0 spiro atoms. The first kappa shape index (κ1) is 23.0. The molecule has 0 unspecified atom stereocenters. The molecule has 1 aliphatic heterocycles. The number of nitrogens with zero attached hydrogens (tertiary/aromatic N) is 3. The number of pyridine rings is 1. The van der Waals surface area contributed by atoms with Crippen molar-refractivity contribution in [2.45, 2.75) is 33.6 Å². The topological polar surface area (TPSA) is 55.2 Å². The highest BCUT2D eigenvalue weighted by molar-refractivity contribution is 9.11. The van der Waals surface area contributed by atoms with Crippen molar-refractivity contribution in [2.75, 3.05) is 18.0 Å². The number of piperidine rings is 1. The van der Waals surface area contributed by atoms with E-state index in [1.165, 1.54) is 29.5 Å². The highest BCUT2D eigenvalue weighted by atomic mass is 79.9. The summed E-state index contributed by atoms with van der Waals surface area (Å²) in [5.41, 5.74) is 5.59. The van der Waals surface area contributed by atoms with E-state index >= 15 is 0 Å². The Hall–Kier alpha value is -1.66. The van der Waals surface area contributed by atoms with Gasteiger partial charge in [0.1, 0.15) is 5.65 Å². The standard InChI is InChI=1S/C21H22Br2ClN3.CO2/c1-12-4-6-26(7-5-12)18-8-14(3)25-21-19(18)13(2)11-27(21)20-16(22)9-15(24)10-17(20)23;2-1-3/h8-12H,4-7H2,1-3H3;. The van der Waals surface area contributed by atoms with Crippen molar-refractivity contribution in [3.63, 3.8) is 0 Å². The highest BCUT2D eigenvalue weighted by Gasteiger charge is 2.22. The van der Waals surface area contributed by atoms with Crippen molar-refractivity contribution in [3.8, 4) is 5.69 Å². The number of rotatable bonds is 2. The molecule has 3 heterocycles. The van der Waals surface area contributed by atoms with Gasteiger partial charge in [-0.25, -0.2) is 4.98 Å². The molecule has 0 amide bonds. The van der Waals surface area contributed by atoms with Crippen molar-refractivity contribution in [1.29, 1.82) is 0 Å². The lowest BCUT2D eigenvalue weighted by molar-refractivity contribution is -0.191. The van der Waals surface area contributed by atoms with E-state index in [2.05, 4.69) is 74.4 Å². The third-order valence-electron chi connectivity index (χ3n) is 5.40. The van der Waals surface area contributed by atoms with E-state index in [1.807, 2.05) is 12.1 Å². The van der Waals surface area contributed by atoms with Gasteiger partial charge in [-0.15, -0.1) is 0 Å². The number of halogens is 3. The van der Waals surface area contributed by atoms with E-state index in [9.17, 15) is 0 Å². The van der Waals surface area contributed by atoms with Gasteiger partial charge >= 0.3 is 6.15 Å². The summed E-state index contributed by atoms with van der Waals surface area (Å²) >= 11 is 13.6. The quantitative estimate of drug-likeness (QED) is 0.364. The number of aromatic nitrogens is 2. The first-order chi connectivity index (χ1) is 14.3. The average Bonchev–Trinajstić information content (AvgIpc) is 2.98. The Morgan fingerprint density at radius 2 is 1.67 bits per heavy atom. The molecular weight excluding hydrogens is 534 g/mol. The summed E-state index contributed by atoms with van der Waals surface area (Å²) in [6, 6.07) is 6.08. The summed E-state index contributed by atoms with van der Waals surface area (Å²) < 4.78 is 4.05. The fraction of sp³-hybridized carbons (Fsp3) is 0.364. The van der Waals surface area contributed by atoms with Gasteiger partial charge in [0.05, 0.1) is 5.69 Å². The lowest BCUT2D eigenvalue weighted by atomic mass is 9.98. The Kier molecular flexibility index (Phi) is 7.40. The van der Waals surface area contributed by atoms with Crippen LogP contribution in [0.4, 0.5) is 5.69 Å². The Morgan fingerprint density at radius 1 is 1.10 bits per heavy atom. The van der Waals surface area contributed by atoms with Gasteiger partial charge in [0.25, 0.3) is 0 Å². The van der Waals surface area contributed by atoms with Crippen molar-refractivity contribution >= 4 is 66.3 Å². The minimum absolute atomic E-state index is 0.250. The van der Waals surface area contributed by atoms with Crippen LogP contribution in [0.1, 0.15) is 31.0 Å². The van der Waals surface area contributed by atoms with Crippen molar-refractivity contribution in [1.82, 2.24) is 9.55 Å². The molecule has 0 saturated carbocycles. The zero-order chi connectivity index (χ0) is 22.0. The maximum absolute atomic E-state index is 8.12. The molecular formula is C22H22Br2ClN3O2. The molecule has 1 aliphatic rings. The lowest BCUT2D eigenvalue weighted by Crippen LogP contribution is -2.33. The Bertz CT molecular complexity index is 1090. The Balaban J connectivity index is 0.000000806. The molecule has 5 nitrogen and oxygen atoms in total. The second-order valence-corrected chi connectivity index (χ2v) is 9.78. The summed E-state index contributed by atoms with van der Waals surface area (Å²) in [7, 11) is 0. The summed E-state index contributed by atoms with van der Waals surface area (Å²) in [5.74, 6) is 0.811. The molecule has 2 aromatic heterocycles. The second kappa shape index (κ2) is 9.65. The molecule has 1 fully saturated rings. The first-order valence-corrected chi connectivity index (χ1v) is 11.6. The maximum Gasteiger partial charge on any atom is 0.373 e. The summed E-state index contributed by atoms with van der Waals surface area (Å²) in [5, 5.41) is 1.93. The zero-order valence-corrected chi connectivity index (χ0v) is 20.9. The summed E-state index contributed by atoms with van der Waals surface area (Å²) in [4.78, 5) is 23.7. The maximum atomic E-state index is 8.12. The molecule has 3 aromatic rings. The van der Waals surface area contributed by atoms with Gasteiger partial charge in [0.2, 0.25) is 0 Å². The monoisotopic (exact) mass is 553 g/mol. The van der Waals surface area contributed by atoms with Crippen LogP contribution in [-0.4, -0.2) is 28.8 Å². The van der Waals surface area contributed by atoms with E-state index in [4.69, 9.17) is 26.2 Å². The molecule has 30 heavy (non-hydrogen) atoms. The minimum Gasteiger partial charge on any atom is -0.371 e. The second-order valence-electron chi connectivity index (χ2n) is 7.63. The van der Waals surface area contributed by atoms with Crippen LogP contribution in [0.2, 0.25) is 5.02 Å². The smallest absolute Gasteiger partial charge is 0.371 e. The van der Waals surface area contributed by atoms with Crippen LogP contribution in [0.15, 0.2) is 33.3 Å². The van der Waals surface area contributed by atoms with Gasteiger partial charge in [-0.05, 0) is 88.2 Å². The van der Waals surface area contributed by atoms with E-state index in [0.717, 1.165) is 45.0 Å². The number of anilines is 1. The Labute approximate surface area is 197 Å². The molecule has 0 bridgehead atoms. The Morgan fingerprint density at radius 3 is 2.23 bits per heavy atom. The number of benzene rings is 1. The van der Waals surface area contributed by atoms with Gasteiger partial charge in [0.15, 0.2) is 0 Å². The first-order valence-electron chi connectivity index (χ1n) is 9.65. The third kappa shape index (κ3) is 4.65. The molecule has 0 aliphatic carbocycles.